The molecule has 1 atom stereocenters. The van der Waals surface area contributed by atoms with Crippen LogP contribution in [0, 0.1) is 6.92 Å². The molecule has 2 aromatic rings. The highest BCUT2D eigenvalue weighted by Crippen LogP contribution is 2.26. The lowest BCUT2D eigenvalue weighted by Gasteiger charge is -2.32. The Morgan fingerprint density at radius 2 is 1.76 bits per heavy atom. The Bertz CT molecular complexity index is 1120. The summed E-state index contributed by atoms with van der Waals surface area (Å²) in [7, 11) is -3.78. The predicted octanol–water partition coefficient (Wildman–Crippen LogP) is 3.89. The Hall–Kier alpha value is -2.58. The van der Waals surface area contributed by atoms with Gasteiger partial charge in [0.15, 0.2) is 0 Å². The summed E-state index contributed by atoms with van der Waals surface area (Å²) >= 11 is 6.04. The SMILES string of the molecule is Cc1cc(Cl)ccc1N(CC(=O)N(Cc1ccccc1)[C@@H](C)C(=O)NC1CCCC1)S(C)(=O)=O. The summed E-state index contributed by atoms with van der Waals surface area (Å²) < 4.78 is 26.4. The third kappa shape index (κ3) is 6.73. The number of benzene rings is 2. The standard InChI is InChI=1S/C25H32ClN3O4S/c1-18-15-21(26)13-14-23(18)29(34(3,32)33)17-24(30)28(16-20-9-5-4-6-10-20)19(2)25(31)27-22-11-7-8-12-22/h4-6,9-10,13-15,19,22H,7-8,11-12,16-17H2,1-3H3,(H,27,31)/t19-/m0/s1. The second-order valence-corrected chi connectivity index (χ2v) is 11.2. The van der Waals surface area contributed by atoms with Crippen molar-refractivity contribution in [3.8, 4) is 0 Å². The number of carbonyl (C=O) groups excluding carboxylic acids is 2. The molecule has 9 heteroatoms. The van der Waals surface area contributed by atoms with E-state index in [-0.39, 0.29) is 18.5 Å². The largest absolute Gasteiger partial charge is 0.352 e. The van der Waals surface area contributed by atoms with E-state index in [9.17, 15) is 18.0 Å². The molecule has 0 aromatic heterocycles. The molecule has 0 saturated heterocycles. The lowest BCUT2D eigenvalue weighted by Crippen LogP contribution is -2.52. The zero-order valence-electron chi connectivity index (χ0n) is 19.8. The number of hydrogen-bond donors (Lipinski definition) is 1. The van der Waals surface area contributed by atoms with Gasteiger partial charge in [-0.25, -0.2) is 8.42 Å². The molecule has 0 bridgehead atoms. The third-order valence-corrected chi connectivity index (χ3v) is 7.53. The topological polar surface area (TPSA) is 86.8 Å². The highest BCUT2D eigenvalue weighted by molar-refractivity contribution is 7.92. The van der Waals surface area contributed by atoms with Crippen LogP contribution < -0.4 is 9.62 Å². The van der Waals surface area contributed by atoms with Crippen molar-refractivity contribution >= 4 is 39.1 Å². The van der Waals surface area contributed by atoms with Crippen LogP contribution >= 0.6 is 11.6 Å². The van der Waals surface area contributed by atoms with E-state index in [0.717, 1.165) is 41.8 Å². The van der Waals surface area contributed by atoms with Crippen molar-refractivity contribution in [3.05, 3.63) is 64.7 Å². The molecule has 184 valence electrons. The van der Waals surface area contributed by atoms with Crippen LogP contribution in [0.4, 0.5) is 5.69 Å². The summed E-state index contributed by atoms with van der Waals surface area (Å²) in [4.78, 5) is 28.0. The van der Waals surface area contributed by atoms with E-state index in [1.807, 2.05) is 30.3 Å². The number of nitrogens with one attached hydrogen (secondary N) is 1. The van der Waals surface area contributed by atoms with Gasteiger partial charge in [0.1, 0.15) is 12.6 Å². The first kappa shape index (κ1) is 26.0. The van der Waals surface area contributed by atoms with Crippen molar-refractivity contribution in [1.82, 2.24) is 10.2 Å². The van der Waals surface area contributed by atoms with Gasteiger partial charge in [0.05, 0.1) is 11.9 Å². The number of amides is 2. The summed E-state index contributed by atoms with van der Waals surface area (Å²) in [6.07, 6.45) is 5.09. The molecular formula is C25H32ClN3O4S. The van der Waals surface area contributed by atoms with Crippen LogP contribution in [0.2, 0.25) is 5.02 Å². The number of hydrogen-bond acceptors (Lipinski definition) is 4. The molecule has 7 nitrogen and oxygen atoms in total. The van der Waals surface area contributed by atoms with Crippen LogP contribution in [-0.4, -0.2) is 50.0 Å². The van der Waals surface area contributed by atoms with Gasteiger partial charge in [-0.15, -0.1) is 0 Å². The smallest absolute Gasteiger partial charge is 0.244 e. The van der Waals surface area contributed by atoms with Crippen molar-refractivity contribution in [2.75, 3.05) is 17.1 Å². The van der Waals surface area contributed by atoms with Crippen molar-refractivity contribution < 1.29 is 18.0 Å². The molecule has 34 heavy (non-hydrogen) atoms. The minimum Gasteiger partial charge on any atom is -0.352 e. The van der Waals surface area contributed by atoms with E-state index in [0.29, 0.717) is 16.3 Å². The Morgan fingerprint density at radius 3 is 2.35 bits per heavy atom. The van der Waals surface area contributed by atoms with Crippen LogP contribution in [0.3, 0.4) is 0 Å². The first-order valence-corrected chi connectivity index (χ1v) is 13.7. The Kier molecular flexibility index (Phi) is 8.60. The molecule has 2 aromatic carbocycles. The van der Waals surface area contributed by atoms with Crippen molar-refractivity contribution in [1.29, 1.82) is 0 Å². The maximum Gasteiger partial charge on any atom is 0.244 e. The van der Waals surface area contributed by atoms with Crippen molar-refractivity contribution in [2.24, 2.45) is 0 Å². The van der Waals surface area contributed by atoms with Gasteiger partial charge in [0, 0.05) is 17.6 Å². The second kappa shape index (κ2) is 11.2. The molecule has 1 fully saturated rings. The fourth-order valence-corrected chi connectivity index (χ4v) is 5.38. The van der Waals surface area contributed by atoms with Crippen LogP contribution in [-0.2, 0) is 26.2 Å². The maximum atomic E-state index is 13.6. The average molecular weight is 506 g/mol. The molecule has 1 N–H and O–H groups in total. The van der Waals surface area contributed by atoms with Gasteiger partial charge in [0.25, 0.3) is 0 Å². The first-order valence-electron chi connectivity index (χ1n) is 11.4. The van der Waals surface area contributed by atoms with Gasteiger partial charge in [0.2, 0.25) is 21.8 Å². The number of anilines is 1. The molecule has 0 heterocycles. The number of aryl methyl sites for hydroxylation is 1. The highest BCUT2D eigenvalue weighted by Gasteiger charge is 2.31. The Labute approximate surface area is 207 Å². The lowest BCUT2D eigenvalue weighted by atomic mass is 10.1. The molecule has 2 amide bonds. The summed E-state index contributed by atoms with van der Waals surface area (Å²) in [6.45, 7) is 3.19. The predicted molar refractivity (Wildman–Crippen MR) is 135 cm³/mol. The first-order chi connectivity index (χ1) is 16.1. The number of rotatable bonds is 9. The van der Waals surface area contributed by atoms with E-state index in [4.69, 9.17) is 11.6 Å². The molecule has 1 saturated carbocycles. The van der Waals surface area contributed by atoms with Crippen LogP contribution in [0.15, 0.2) is 48.5 Å². The molecule has 3 rings (SSSR count). The van der Waals surface area contributed by atoms with Gasteiger partial charge >= 0.3 is 0 Å². The van der Waals surface area contributed by atoms with E-state index < -0.39 is 28.5 Å². The van der Waals surface area contributed by atoms with E-state index >= 15 is 0 Å². The van der Waals surface area contributed by atoms with E-state index in [2.05, 4.69) is 5.32 Å². The zero-order valence-corrected chi connectivity index (χ0v) is 21.4. The average Bonchev–Trinajstić information content (AvgIpc) is 3.28. The van der Waals surface area contributed by atoms with Crippen molar-refractivity contribution in [2.45, 2.75) is 58.2 Å². The molecule has 0 unspecified atom stereocenters. The molecular weight excluding hydrogens is 474 g/mol. The van der Waals surface area contributed by atoms with E-state index in [1.54, 1.807) is 32.0 Å². The van der Waals surface area contributed by atoms with Gasteiger partial charge in [-0.3, -0.25) is 13.9 Å². The highest BCUT2D eigenvalue weighted by atomic mass is 35.5. The summed E-state index contributed by atoms with van der Waals surface area (Å²) in [5.74, 6) is -0.692. The monoisotopic (exact) mass is 505 g/mol. The van der Waals surface area contributed by atoms with Gasteiger partial charge in [-0.1, -0.05) is 54.8 Å². The maximum absolute atomic E-state index is 13.6. The summed E-state index contributed by atoms with van der Waals surface area (Å²) in [6, 6.07) is 13.5. The lowest BCUT2D eigenvalue weighted by molar-refractivity contribution is -0.139. The van der Waals surface area contributed by atoms with Gasteiger partial charge < -0.3 is 10.2 Å². The molecule has 0 radical (unpaired) electrons. The van der Waals surface area contributed by atoms with Crippen LogP contribution in [0.1, 0.15) is 43.7 Å². The Balaban J connectivity index is 1.88. The van der Waals surface area contributed by atoms with E-state index in [1.165, 1.54) is 4.90 Å². The zero-order chi connectivity index (χ0) is 24.9. The van der Waals surface area contributed by atoms with Crippen LogP contribution in [0.5, 0.6) is 0 Å². The number of carbonyl (C=O) groups is 2. The van der Waals surface area contributed by atoms with Crippen molar-refractivity contribution in [3.63, 3.8) is 0 Å². The molecule has 1 aliphatic rings. The number of halogens is 1. The summed E-state index contributed by atoms with van der Waals surface area (Å²) in [5, 5.41) is 3.53. The minimum atomic E-state index is -3.78. The van der Waals surface area contributed by atoms with Gasteiger partial charge in [-0.2, -0.15) is 0 Å². The number of nitrogens with zero attached hydrogens (tertiary/aromatic N) is 2. The molecule has 1 aliphatic carbocycles. The molecule has 0 aliphatic heterocycles. The second-order valence-electron chi connectivity index (χ2n) is 8.87. The fourth-order valence-electron chi connectivity index (χ4n) is 4.25. The Morgan fingerprint density at radius 1 is 1.12 bits per heavy atom. The quantitative estimate of drug-likeness (QED) is 0.560. The normalized spacial score (nSPS) is 15.1. The summed E-state index contributed by atoms with van der Waals surface area (Å²) in [5.41, 5.74) is 1.86. The molecule has 0 spiro atoms. The number of sulfonamides is 1. The minimum absolute atomic E-state index is 0.118. The van der Waals surface area contributed by atoms with Gasteiger partial charge in [-0.05, 0) is 56.0 Å². The fraction of sp³-hybridized carbons (Fsp3) is 0.440. The third-order valence-electron chi connectivity index (χ3n) is 6.17. The van der Waals surface area contributed by atoms with Crippen LogP contribution in [0.25, 0.3) is 0 Å².